The molecular weight excluding hydrogens is 491 g/mol. The molecule has 1 unspecified atom stereocenters. The van der Waals surface area contributed by atoms with E-state index in [1.807, 2.05) is 0 Å². The van der Waals surface area contributed by atoms with Crippen molar-refractivity contribution in [1.29, 1.82) is 0 Å². The van der Waals surface area contributed by atoms with Crippen molar-refractivity contribution in [2.75, 3.05) is 44.3 Å². The third-order valence-corrected chi connectivity index (χ3v) is 10.5. The highest BCUT2D eigenvalue weighted by Gasteiger charge is 2.57. The predicted octanol–water partition coefficient (Wildman–Crippen LogP) is 2.39. The van der Waals surface area contributed by atoms with Gasteiger partial charge in [-0.25, -0.2) is 8.42 Å². The third kappa shape index (κ3) is 3.75. The minimum absolute atomic E-state index is 0.0134. The number of nitrogens with zero attached hydrogens (tertiary/aromatic N) is 2. The molecule has 2 aromatic rings. The molecule has 3 aliphatic rings. The first-order valence-corrected chi connectivity index (χ1v) is 13.3. The van der Waals surface area contributed by atoms with Crippen molar-refractivity contribution in [3.05, 3.63) is 47.3 Å². The number of sulfonamides is 1. The SMILES string of the molecule is C[C@@](O)(c1ccc(N2CCN(S(=O)(=O)c3cccs3)C[C@@H]2C2NCC23COC3)cc1)C(F)(F)F. The number of hydrogen-bond acceptors (Lipinski definition) is 7. The average molecular weight is 518 g/mol. The van der Waals surface area contributed by atoms with Gasteiger partial charge in [-0.1, -0.05) is 18.2 Å². The lowest BCUT2D eigenvalue weighted by molar-refractivity contribution is -0.258. The molecule has 0 aliphatic carbocycles. The van der Waals surface area contributed by atoms with Gasteiger partial charge >= 0.3 is 6.18 Å². The summed E-state index contributed by atoms with van der Waals surface area (Å²) in [7, 11) is -3.64. The third-order valence-electron chi connectivity index (χ3n) is 7.28. The first-order chi connectivity index (χ1) is 16.0. The van der Waals surface area contributed by atoms with Gasteiger partial charge in [0.25, 0.3) is 10.0 Å². The van der Waals surface area contributed by atoms with Crippen LogP contribution in [0.2, 0.25) is 0 Å². The van der Waals surface area contributed by atoms with E-state index in [0.717, 1.165) is 13.5 Å². The van der Waals surface area contributed by atoms with Crippen LogP contribution in [0.3, 0.4) is 0 Å². The zero-order valence-electron chi connectivity index (χ0n) is 18.5. The molecular formula is C22H26F3N3O4S2. The lowest BCUT2D eigenvalue weighted by atomic mass is 9.68. The molecule has 2 N–H and O–H groups in total. The van der Waals surface area contributed by atoms with E-state index in [9.17, 15) is 26.7 Å². The van der Waals surface area contributed by atoms with Crippen LogP contribution in [0.25, 0.3) is 0 Å². The quantitative estimate of drug-likeness (QED) is 0.634. The Morgan fingerprint density at radius 3 is 2.38 bits per heavy atom. The molecule has 7 nitrogen and oxygen atoms in total. The smallest absolute Gasteiger partial charge is 0.380 e. The van der Waals surface area contributed by atoms with Gasteiger partial charge in [0.15, 0.2) is 5.60 Å². The van der Waals surface area contributed by atoms with Gasteiger partial charge in [-0.3, -0.25) is 0 Å². The second-order valence-corrected chi connectivity index (χ2v) is 12.5. The molecule has 1 spiro atoms. The van der Waals surface area contributed by atoms with Crippen LogP contribution in [-0.4, -0.2) is 75.5 Å². The number of halogens is 3. The number of thiophene rings is 1. The Labute approximate surface area is 200 Å². The maximum Gasteiger partial charge on any atom is 0.421 e. The number of benzene rings is 1. The van der Waals surface area contributed by atoms with Crippen molar-refractivity contribution in [1.82, 2.24) is 9.62 Å². The zero-order chi connectivity index (χ0) is 24.4. The number of hydrogen-bond donors (Lipinski definition) is 2. The van der Waals surface area contributed by atoms with Crippen LogP contribution < -0.4 is 10.2 Å². The molecule has 3 atom stereocenters. The largest absolute Gasteiger partial charge is 0.421 e. The van der Waals surface area contributed by atoms with Crippen LogP contribution in [0.4, 0.5) is 18.9 Å². The summed E-state index contributed by atoms with van der Waals surface area (Å²) in [5.41, 5.74) is -2.58. The van der Waals surface area contributed by atoms with Gasteiger partial charge in [0.1, 0.15) is 4.21 Å². The first kappa shape index (κ1) is 24.0. The van der Waals surface area contributed by atoms with Crippen LogP contribution in [0.1, 0.15) is 12.5 Å². The highest BCUT2D eigenvalue weighted by molar-refractivity contribution is 7.91. The van der Waals surface area contributed by atoms with Crippen molar-refractivity contribution in [2.24, 2.45) is 5.41 Å². The van der Waals surface area contributed by atoms with E-state index in [4.69, 9.17) is 4.74 Å². The lowest BCUT2D eigenvalue weighted by Gasteiger charge is -2.61. The number of piperazine rings is 1. The van der Waals surface area contributed by atoms with E-state index in [1.54, 1.807) is 29.6 Å². The topological polar surface area (TPSA) is 82.1 Å². The van der Waals surface area contributed by atoms with E-state index < -0.39 is 21.8 Å². The molecule has 1 aromatic carbocycles. The van der Waals surface area contributed by atoms with Crippen molar-refractivity contribution < 1.29 is 31.4 Å². The van der Waals surface area contributed by atoms with Crippen molar-refractivity contribution in [3.63, 3.8) is 0 Å². The Morgan fingerprint density at radius 1 is 1.18 bits per heavy atom. The molecule has 34 heavy (non-hydrogen) atoms. The van der Waals surface area contributed by atoms with Gasteiger partial charge in [0.05, 0.1) is 19.3 Å². The van der Waals surface area contributed by atoms with Gasteiger partial charge in [0, 0.05) is 43.3 Å². The number of ether oxygens (including phenoxy) is 1. The first-order valence-electron chi connectivity index (χ1n) is 11.0. The number of nitrogens with one attached hydrogen (secondary N) is 1. The normalized spacial score (nSPS) is 27.1. The summed E-state index contributed by atoms with van der Waals surface area (Å²) in [4.78, 5) is 2.06. The van der Waals surface area contributed by atoms with Gasteiger partial charge in [-0.2, -0.15) is 17.5 Å². The highest BCUT2D eigenvalue weighted by atomic mass is 32.2. The molecule has 0 bridgehead atoms. The van der Waals surface area contributed by atoms with Gasteiger partial charge in [-0.15, -0.1) is 11.3 Å². The van der Waals surface area contributed by atoms with Crippen LogP contribution in [0.15, 0.2) is 46.0 Å². The Hall–Kier alpha value is -1.70. The molecule has 3 saturated heterocycles. The number of anilines is 1. The zero-order valence-corrected chi connectivity index (χ0v) is 20.1. The lowest BCUT2D eigenvalue weighted by Crippen LogP contribution is -2.79. The number of aliphatic hydroxyl groups is 1. The molecule has 0 saturated carbocycles. The predicted molar refractivity (Wildman–Crippen MR) is 121 cm³/mol. The second-order valence-electron chi connectivity index (χ2n) is 9.39. The second kappa shape index (κ2) is 8.17. The fourth-order valence-corrected chi connectivity index (χ4v) is 7.58. The molecule has 5 rings (SSSR count). The van der Waals surface area contributed by atoms with Crippen molar-refractivity contribution in [3.8, 4) is 0 Å². The van der Waals surface area contributed by atoms with E-state index in [-0.39, 0.29) is 36.2 Å². The molecule has 186 valence electrons. The Bertz CT molecular complexity index is 1130. The number of rotatable bonds is 5. The van der Waals surface area contributed by atoms with Crippen LogP contribution in [-0.2, 0) is 20.4 Å². The summed E-state index contributed by atoms with van der Waals surface area (Å²) in [6, 6.07) is 8.75. The van der Waals surface area contributed by atoms with E-state index in [2.05, 4.69) is 10.2 Å². The fraction of sp³-hybridized carbons (Fsp3) is 0.545. The molecule has 1 aromatic heterocycles. The van der Waals surface area contributed by atoms with Crippen molar-refractivity contribution >= 4 is 27.0 Å². The summed E-state index contributed by atoms with van der Waals surface area (Å²) in [6.45, 7) is 3.61. The summed E-state index contributed by atoms with van der Waals surface area (Å²) < 4.78 is 73.4. The average Bonchev–Trinajstić information content (AvgIpc) is 3.27. The fourth-order valence-electron chi connectivity index (χ4n) is 4.99. The monoisotopic (exact) mass is 517 g/mol. The van der Waals surface area contributed by atoms with Gasteiger partial charge in [0.2, 0.25) is 0 Å². The summed E-state index contributed by atoms with van der Waals surface area (Å²) >= 11 is 1.18. The minimum atomic E-state index is -4.80. The molecule has 12 heteroatoms. The maximum absolute atomic E-state index is 13.3. The Morgan fingerprint density at radius 2 is 1.88 bits per heavy atom. The Kier molecular flexibility index (Phi) is 5.77. The molecule has 3 fully saturated rings. The maximum atomic E-state index is 13.3. The molecule has 3 aliphatic heterocycles. The van der Waals surface area contributed by atoms with Crippen LogP contribution in [0.5, 0.6) is 0 Å². The van der Waals surface area contributed by atoms with E-state index >= 15 is 0 Å². The summed E-state index contributed by atoms with van der Waals surface area (Å²) in [6.07, 6.45) is -4.80. The summed E-state index contributed by atoms with van der Waals surface area (Å²) in [5, 5.41) is 15.2. The van der Waals surface area contributed by atoms with Gasteiger partial charge < -0.3 is 20.1 Å². The molecule has 0 amide bonds. The van der Waals surface area contributed by atoms with Crippen molar-refractivity contribution in [2.45, 2.75) is 35.0 Å². The Balaban J connectivity index is 1.44. The van der Waals surface area contributed by atoms with Gasteiger partial charge in [-0.05, 0) is 36.1 Å². The standard InChI is InChI=1S/C22H26F3N3O4S2/c1-20(29,22(23,24)25)15-4-6-16(7-5-15)28-9-8-27(34(30,31)18-3-2-10-33-18)11-17(28)19-21(12-26-19)13-32-14-21/h2-7,10,17,19,26,29H,8-9,11-14H2,1H3/t17-,19?,20-/m1/s1. The van der Waals surface area contributed by atoms with Crippen LogP contribution >= 0.6 is 11.3 Å². The van der Waals surface area contributed by atoms with Crippen LogP contribution in [0, 0.1) is 5.41 Å². The summed E-state index contributed by atoms with van der Waals surface area (Å²) in [5.74, 6) is 0. The number of alkyl halides is 3. The minimum Gasteiger partial charge on any atom is -0.380 e. The molecule has 0 radical (unpaired) electrons. The molecule has 4 heterocycles. The van der Waals surface area contributed by atoms with E-state index in [0.29, 0.717) is 29.7 Å². The van der Waals surface area contributed by atoms with E-state index in [1.165, 1.54) is 27.8 Å². The highest BCUT2D eigenvalue weighted by Crippen LogP contribution is 2.43.